The minimum atomic E-state index is -0.699. The van der Waals surface area contributed by atoms with E-state index in [2.05, 4.69) is 42.4 Å². The molecule has 2 saturated heterocycles. The number of hydrogen-bond acceptors (Lipinski definition) is 8. The first-order valence-corrected chi connectivity index (χ1v) is 17.7. The van der Waals surface area contributed by atoms with Crippen LogP contribution in [0.3, 0.4) is 0 Å². The largest absolute Gasteiger partial charge is 0.444 e. The van der Waals surface area contributed by atoms with Gasteiger partial charge in [-0.25, -0.2) is 9.48 Å². The fourth-order valence-electron chi connectivity index (χ4n) is 7.14. The predicted octanol–water partition coefficient (Wildman–Crippen LogP) is 4.31. The second-order valence-corrected chi connectivity index (χ2v) is 14.8. The van der Waals surface area contributed by atoms with E-state index < -0.39 is 23.7 Å². The van der Waals surface area contributed by atoms with Crippen molar-refractivity contribution in [3.63, 3.8) is 0 Å². The summed E-state index contributed by atoms with van der Waals surface area (Å²) in [6, 6.07) is 5.88. The van der Waals surface area contributed by atoms with E-state index in [-0.39, 0.29) is 30.8 Å². The van der Waals surface area contributed by atoms with Crippen LogP contribution in [0.5, 0.6) is 0 Å². The summed E-state index contributed by atoms with van der Waals surface area (Å²) in [7, 11) is 1.69. The zero-order valence-corrected chi connectivity index (χ0v) is 29.7. The molecule has 12 nitrogen and oxygen atoms in total. The maximum Gasteiger partial charge on any atom is 0.410 e. The third-order valence-corrected chi connectivity index (χ3v) is 9.34. The van der Waals surface area contributed by atoms with Crippen molar-refractivity contribution in [2.75, 3.05) is 59.7 Å². The minimum absolute atomic E-state index is 0.0174. The zero-order chi connectivity index (χ0) is 34.4. The number of methoxy groups -OCH3 is 1. The second-order valence-electron chi connectivity index (χ2n) is 14.8. The molecule has 1 aromatic heterocycles. The Bertz CT molecular complexity index is 1430. The summed E-state index contributed by atoms with van der Waals surface area (Å²) in [5.74, 6) is -0.584. The molecule has 2 atom stereocenters. The Morgan fingerprint density at radius 3 is 2.54 bits per heavy atom. The van der Waals surface area contributed by atoms with E-state index in [0.717, 1.165) is 43.5 Å². The van der Waals surface area contributed by atoms with Gasteiger partial charge in [0, 0.05) is 46.4 Å². The van der Waals surface area contributed by atoms with Crippen molar-refractivity contribution in [2.45, 2.75) is 91.2 Å². The lowest BCUT2D eigenvalue weighted by atomic mass is 9.91. The number of unbranched alkanes of at least 4 members (excludes halogenated alkanes) is 1. The molecule has 0 radical (unpaired) electrons. The van der Waals surface area contributed by atoms with Gasteiger partial charge in [-0.3, -0.25) is 9.59 Å². The van der Waals surface area contributed by atoms with Crippen LogP contribution in [0.25, 0.3) is 5.69 Å². The number of benzene rings is 1. The van der Waals surface area contributed by atoms with Crippen molar-refractivity contribution in [3.8, 4) is 5.69 Å². The van der Waals surface area contributed by atoms with Crippen molar-refractivity contribution < 1.29 is 28.6 Å². The maximum atomic E-state index is 14.8. The SMILES string of the molecule is COCCCCc1c(C(=O)N(CC(C)C)[C@H]2C[C@@H](C(=O)N3CCOCC3)CN(C(=O)OC(C)(C)C)C2)nnn1-c1cccc2c1CCC2. The Morgan fingerprint density at radius 1 is 1.06 bits per heavy atom. The number of hydrogen-bond donors (Lipinski definition) is 0. The van der Waals surface area contributed by atoms with Gasteiger partial charge in [0.1, 0.15) is 5.60 Å². The zero-order valence-electron chi connectivity index (χ0n) is 29.7. The molecule has 264 valence electrons. The number of ether oxygens (including phenoxy) is 3. The van der Waals surface area contributed by atoms with Crippen molar-refractivity contribution in [1.29, 1.82) is 0 Å². The van der Waals surface area contributed by atoms with Gasteiger partial charge < -0.3 is 28.9 Å². The van der Waals surface area contributed by atoms with Crippen molar-refractivity contribution >= 4 is 17.9 Å². The molecule has 1 aliphatic carbocycles. The smallest absolute Gasteiger partial charge is 0.410 e. The first-order valence-electron chi connectivity index (χ1n) is 17.7. The van der Waals surface area contributed by atoms with E-state index in [1.54, 1.807) is 12.0 Å². The summed E-state index contributed by atoms with van der Waals surface area (Å²) in [6.07, 6.45) is 5.34. The molecular weight excluding hydrogens is 612 g/mol. The Hall–Kier alpha value is -3.51. The van der Waals surface area contributed by atoms with Crippen molar-refractivity contribution in [2.24, 2.45) is 11.8 Å². The van der Waals surface area contributed by atoms with E-state index in [1.807, 2.05) is 35.3 Å². The Balaban J connectivity index is 1.50. The fraction of sp³-hybridized carbons (Fsp3) is 0.694. The summed E-state index contributed by atoms with van der Waals surface area (Å²) in [6.45, 7) is 13.2. The number of aryl methyl sites for hydroxylation is 1. The molecule has 2 aromatic rings. The average Bonchev–Trinajstić information content (AvgIpc) is 3.72. The molecule has 0 unspecified atom stereocenters. The van der Waals surface area contributed by atoms with E-state index in [0.29, 0.717) is 58.0 Å². The molecule has 0 bridgehead atoms. The van der Waals surface area contributed by atoms with Gasteiger partial charge >= 0.3 is 6.09 Å². The molecule has 2 fully saturated rings. The van der Waals surface area contributed by atoms with Crippen LogP contribution in [-0.2, 0) is 38.3 Å². The predicted molar refractivity (Wildman–Crippen MR) is 181 cm³/mol. The first kappa shape index (κ1) is 35.8. The molecule has 3 aliphatic rings. The van der Waals surface area contributed by atoms with Gasteiger partial charge in [-0.1, -0.05) is 31.2 Å². The lowest BCUT2D eigenvalue weighted by molar-refractivity contribution is -0.142. The van der Waals surface area contributed by atoms with Gasteiger partial charge in [-0.15, -0.1) is 5.10 Å². The number of amides is 3. The molecule has 0 saturated carbocycles. The van der Waals surface area contributed by atoms with Gasteiger partial charge in [-0.2, -0.15) is 0 Å². The van der Waals surface area contributed by atoms with E-state index in [1.165, 1.54) is 11.1 Å². The van der Waals surface area contributed by atoms with Gasteiger partial charge in [0.2, 0.25) is 5.91 Å². The summed E-state index contributed by atoms with van der Waals surface area (Å²) in [5, 5.41) is 9.18. The van der Waals surface area contributed by atoms with Crippen LogP contribution in [0.2, 0.25) is 0 Å². The number of piperidine rings is 1. The first-order chi connectivity index (χ1) is 23.0. The molecule has 5 rings (SSSR count). The number of carbonyl (C=O) groups is 3. The van der Waals surface area contributed by atoms with Crippen molar-refractivity contribution in [3.05, 3.63) is 40.7 Å². The van der Waals surface area contributed by atoms with Crippen LogP contribution in [-0.4, -0.2) is 119 Å². The van der Waals surface area contributed by atoms with Crippen LogP contribution in [0, 0.1) is 11.8 Å². The van der Waals surface area contributed by atoms with Crippen molar-refractivity contribution in [1.82, 2.24) is 29.7 Å². The highest BCUT2D eigenvalue weighted by atomic mass is 16.6. The highest BCUT2D eigenvalue weighted by Crippen LogP contribution is 2.31. The Kier molecular flexibility index (Phi) is 11.8. The number of nitrogens with zero attached hydrogens (tertiary/aromatic N) is 6. The lowest BCUT2D eigenvalue weighted by Crippen LogP contribution is -2.58. The van der Waals surface area contributed by atoms with Crippen LogP contribution in [0.1, 0.15) is 87.6 Å². The lowest BCUT2D eigenvalue weighted by Gasteiger charge is -2.44. The summed E-state index contributed by atoms with van der Waals surface area (Å²) < 4.78 is 18.5. The number of fused-ring (bicyclic) bond motifs is 1. The molecule has 2 aliphatic heterocycles. The summed E-state index contributed by atoms with van der Waals surface area (Å²) in [5.41, 5.74) is 3.99. The van der Waals surface area contributed by atoms with Gasteiger partial charge in [0.15, 0.2) is 5.69 Å². The fourth-order valence-corrected chi connectivity index (χ4v) is 7.14. The van der Waals surface area contributed by atoms with E-state index in [9.17, 15) is 14.4 Å². The van der Waals surface area contributed by atoms with Gasteiger partial charge in [0.25, 0.3) is 5.91 Å². The van der Waals surface area contributed by atoms with Crippen LogP contribution in [0.15, 0.2) is 18.2 Å². The molecule has 48 heavy (non-hydrogen) atoms. The third-order valence-electron chi connectivity index (χ3n) is 9.34. The number of carbonyl (C=O) groups excluding carboxylic acids is 3. The number of rotatable bonds is 11. The van der Waals surface area contributed by atoms with Gasteiger partial charge in [-0.05, 0) is 88.8 Å². The number of likely N-dealkylation sites (tertiary alicyclic amines) is 1. The third kappa shape index (κ3) is 8.55. The molecule has 1 aromatic carbocycles. The summed E-state index contributed by atoms with van der Waals surface area (Å²) in [4.78, 5) is 47.4. The molecule has 3 heterocycles. The van der Waals surface area contributed by atoms with Crippen LogP contribution < -0.4 is 0 Å². The Morgan fingerprint density at radius 2 is 1.83 bits per heavy atom. The summed E-state index contributed by atoms with van der Waals surface area (Å²) >= 11 is 0. The molecule has 3 amide bonds. The number of aromatic nitrogens is 3. The highest BCUT2D eigenvalue weighted by molar-refractivity contribution is 5.94. The standard InChI is InChI=1S/C36H54N6O6/c1-25(2)22-41(28-21-27(33(43)39-16-19-47-20-17-39)23-40(24-28)35(45)48-36(3,4)5)34(44)32-31(14-7-8-18-46-6)42(38-37-32)30-15-10-12-26-11-9-13-29(26)30/h10,12,15,25,27-28H,7-9,11,13-14,16-24H2,1-6H3/t27-,28+/m1/s1. The quantitative estimate of drug-likeness (QED) is 0.326. The normalized spacial score (nSPS) is 19.8. The number of morpholine rings is 1. The Labute approximate surface area is 285 Å². The van der Waals surface area contributed by atoms with Crippen LogP contribution in [0.4, 0.5) is 4.79 Å². The molecular formula is C36H54N6O6. The molecule has 12 heteroatoms. The topological polar surface area (TPSA) is 119 Å². The van der Waals surface area contributed by atoms with Gasteiger partial charge in [0.05, 0.1) is 36.6 Å². The van der Waals surface area contributed by atoms with Crippen LogP contribution >= 0.6 is 0 Å². The van der Waals surface area contributed by atoms with E-state index in [4.69, 9.17) is 14.2 Å². The maximum absolute atomic E-state index is 14.8. The molecule has 0 spiro atoms. The minimum Gasteiger partial charge on any atom is -0.444 e. The van der Waals surface area contributed by atoms with E-state index >= 15 is 0 Å². The average molecular weight is 667 g/mol. The second kappa shape index (κ2) is 15.8. The highest BCUT2D eigenvalue weighted by Gasteiger charge is 2.42. The molecule has 0 N–H and O–H groups in total. The monoisotopic (exact) mass is 666 g/mol.